The molecule has 1 saturated heterocycles. The summed E-state index contributed by atoms with van der Waals surface area (Å²) in [6, 6.07) is 3.89. The van der Waals surface area contributed by atoms with Gasteiger partial charge in [-0.2, -0.15) is 0 Å². The molecule has 1 fully saturated rings. The van der Waals surface area contributed by atoms with Crippen molar-refractivity contribution < 1.29 is 23.1 Å². The van der Waals surface area contributed by atoms with E-state index in [9.17, 15) is 23.1 Å². The Morgan fingerprint density at radius 3 is 2.65 bits per heavy atom. The van der Waals surface area contributed by atoms with E-state index >= 15 is 0 Å². The van der Waals surface area contributed by atoms with Crippen molar-refractivity contribution in [2.45, 2.75) is 18.6 Å². The van der Waals surface area contributed by atoms with Crippen LogP contribution in [0.25, 0.3) is 0 Å². The van der Waals surface area contributed by atoms with Gasteiger partial charge in [-0.05, 0) is 30.2 Å². The number of likely N-dealkylation sites (tertiary alicyclic amines) is 1. The summed E-state index contributed by atoms with van der Waals surface area (Å²) in [5.74, 6) is -3.43. The van der Waals surface area contributed by atoms with Crippen LogP contribution in [0.1, 0.15) is 28.4 Å². The van der Waals surface area contributed by atoms with Crippen molar-refractivity contribution in [3.8, 4) is 0 Å². The largest absolute Gasteiger partial charge is 0.391 e. The second-order valence-electron chi connectivity index (χ2n) is 5.39. The minimum atomic E-state index is -1.04. The molecule has 2 heterocycles. The van der Waals surface area contributed by atoms with E-state index < -0.39 is 35.5 Å². The van der Waals surface area contributed by atoms with E-state index in [1.165, 1.54) is 23.2 Å². The molecule has 1 aromatic carbocycles. The van der Waals surface area contributed by atoms with Crippen molar-refractivity contribution in [1.29, 1.82) is 0 Å². The van der Waals surface area contributed by atoms with Gasteiger partial charge in [0.15, 0.2) is 17.5 Å². The molecule has 2 atom stereocenters. The highest BCUT2D eigenvalue weighted by molar-refractivity contribution is 5.94. The summed E-state index contributed by atoms with van der Waals surface area (Å²) >= 11 is 0. The normalized spacial score (nSPS) is 20.8. The minimum Gasteiger partial charge on any atom is -0.391 e. The van der Waals surface area contributed by atoms with Gasteiger partial charge in [0, 0.05) is 12.7 Å². The lowest BCUT2D eigenvalue weighted by atomic mass is 10.0. The van der Waals surface area contributed by atoms with Gasteiger partial charge in [0.05, 0.1) is 23.9 Å². The second kappa shape index (κ2) is 6.00. The number of rotatable bonds is 2. The number of aliphatic hydroxyl groups is 1. The topological polar surface area (TPSA) is 53.4 Å². The lowest BCUT2D eigenvalue weighted by Gasteiger charge is -2.25. The van der Waals surface area contributed by atoms with Crippen LogP contribution in [0.4, 0.5) is 13.2 Å². The highest BCUT2D eigenvalue weighted by atomic mass is 19.2. The molecule has 120 valence electrons. The second-order valence-corrected chi connectivity index (χ2v) is 5.39. The first-order chi connectivity index (χ1) is 11.0. The van der Waals surface area contributed by atoms with E-state index in [0.29, 0.717) is 5.56 Å². The van der Waals surface area contributed by atoms with Crippen LogP contribution in [0.3, 0.4) is 0 Å². The lowest BCUT2D eigenvalue weighted by molar-refractivity contribution is 0.0710. The van der Waals surface area contributed by atoms with Crippen molar-refractivity contribution in [2.75, 3.05) is 6.54 Å². The summed E-state index contributed by atoms with van der Waals surface area (Å²) in [5, 5.41) is 9.85. The molecule has 3 rings (SSSR count). The van der Waals surface area contributed by atoms with Crippen LogP contribution in [0, 0.1) is 17.5 Å². The summed E-state index contributed by atoms with van der Waals surface area (Å²) in [7, 11) is 0. The lowest BCUT2D eigenvalue weighted by Crippen LogP contribution is -2.32. The number of amides is 1. The number of aromatic nitrogens is 1. The Bertz CT molecular complexity index is 754. The van der Waals surface area contributed by atoms with E-state index in [4.69, 9.17) is 0 Å². The molecule has 0 unspecified atom stereocenters. The zero-order valence-corrected chi connectivity index (χ0v) is 11.9. The smallest absolute Gasteiger partial charge is 0.257 e. The van der Waals surface area contributed by atoms with Crippen molar-refractivity contribution >= 4 is 5.91 Å². The molecule has 1 aliphatic heterocycles. The molecule has 2 aromatic rings. The van der Waals surface area contributed by atoms with Gasteiger partial charge in [-0.15, -0.1) is 0 Å². The number of pyridine rings is 1. The number of hydrogen-bond donors (Lipinski definition) is 1. The van der Waals surface area contributed by atoms with Gasteiger partial charge in [-0.25, -0.2) is 13.2 Å². The molecule has 1 aliphatic rings. The van der Waals surface area contributed by atoms with Gasteiger partial charge >= 0.3 is 0 Å². The first-order valence-electron chi connectivity index (χ1n) is 7.01. The fourth-order valence-electron chi connectivity index (χ4n) is 2.78. The van der Waals surface area contributed by atoms with Crippen LogP contribution in [-0.2, 0) is 0 Å². The fraction of sp³-hybridized carbons (Fsp3) is 0.250. The molecule has 0 saturated carbocycles. The summed E-state index contributed by atoms with van der Waals surface area (Å²) in [4.78, 5) is 17.4. The molecule has 0 radical (unpaired) electrons. The Kier molecular flexibility index (Phi) is 4.04. The third-order valence-corrected chi connectivity index (χ3v) is 3.87. The molecular weight excluding hydrogens is 309 g/mol. The maximum Gasteiger partial charge on any atom is 0.257 e. The van der Waals surface area contributed by atoms with E-state index in [2.05, 4.69) is 4.98 Å². The molecule has 1 N–H and O–H groups in total. The Labute approximate surface area is 130 Å². The number of nitrogens with zero attached hydrogens (tertiary/aromatic N) is 2. The molecule has 4 nitrogen and oxygen atoms in total. The zero-order valence-electron chi connectivity index (χ0n) is 11.9. The fourth-order valence-corrected chi connectivity index (χ4v) is 2.78. The Morgan fingerprint density at radius 2 is 1.96 bits per heavy atom. The van der Waals surface area contributed by atoms with Gasteiger partial charge in [0.1, 0.15) is 0 Å². The molecule has 0 bridgehead atoms. The van der Waals surface area contributed by atoms with Crippen molar-refractivity contribution in [3.63, 3.8) is 0 Å². The Hall–Kier alpha value is -2.41. The summed E-state index contributed by atoms with van der Waals surface area (Å²) in [6.45, 7) is -0.00966. The van der Waals surface area contributed by atoms with Crippen LogP contribution in [0.2, 0.25) is 0 Å². The molecular formula is C16H13F3N2O2. The number of carbonyl (C=O) groups excluding carboxylic acids is 1. The first-order valence-corrected chi connectivity index (χ1v) is 7.01. The summed E-state index contributed by atoms with van der Waals surface area (Å²) < 4.78 is 40.3. The van der Waals surface area contributed by atoms with Gasteiger partial charge < -0.3 is 10.0 Å². The third kappa shape index (κ3) is 2.92. The van der Waals surface area contributed by atoms with Crippen LogP contribution < -0.4 is 0 Å². The van der Waals surface area contributed by atoms with Crippen LogP contribution in [0.15, 0.2) is 36.7 Å². The van der Waals surface area contributed by atoms with Crippen molar-refractivity contribution in [1.82, 2.24) is 9.88 Å². The van der Waals surface area contributed by atoms with Crippen LogP contribution >= 0.6 is 0 Å². The van der Waals surface area contributed by atoms with E-state index in [0.717, 1.165) is 18.3 Å². The zero-order chi connectivity index (χ0) is 16.6. The number of benzene rings is 1. The summed E-state index contributed by atoms with van der Waals surface area (Å²) in [6.07, 6.45) is 1.56. The Balaban J connectivity index is 1.95. The van der Waals surface area contributed by atoms with E-state index in [-0.39, 0.29) is 18.5 Å². The molecule has 0 spiro atoms. The van der Waals surface area contributed by atoms with Crippen molar-refractivity contribution in [3.05, 3.63) is 65.2 Å². The third-order valence-electron chi connectivity index (χ3n) is 3.87. The van der Waals surface area contributed by atoms with Crippen LogP contribution in [-0.4, -0.2) is 33.5 Å². The monoisotopic (exact) mass is 322 g/mol. The van der Waals surface area contributed by atoms with Gasteiger partial charge in [0.2, 0.25) is 0 Å². The van der Waals surface area contributed by atoms with Crippen LogP contribution in [0.5, 0.6) is 0 Å². The molecule has 0 aliphatic carbocycles. The Morgan fingerprint density at radius 1 is 1.17 bits per heavy atom. The van der Waals surface area contributed by atoms with E-state index in [1.807, 2.05) is 0 Å². The molecule has 23 heavy (non-hydrogen) atoms. The van der Waals surface area contributed by atoms with Gasteiger partial charge in [-0.1, -0.05) is 6.07 Å². The van der Waals surface area contributed by atoms with Gasteiger partial charge in [0.25, 0.3) is 5.91 Å². The predicted molar refractivity (Wildman–Crippen MR) is 75.0 cm³/mol. The maximum atomic E-state index is 13.8. The highest BCUT2D eigenvalue weighted by Crippen LogP contribution is 2.34. The maximum absolute atomic E-state index is 13.8. The predicted octanol–water partition coefficient (Wildman–Crippen LogP) is 2.45. The standard InChI is InChI=1S/C16H13F3N2O2/c17-12-2-1-9(5-13(12)18)15-6-10(22)8-21(15)16(23)11-3-4-20-7-14(11)19/h1-5,7,10,15,22H,6,8H2/t10-,15+/m0/s1. The first kappa shape index (κ1) is 15.5. The number of hydrogen-bond acceptors (Lipinski definition) is 3. The highest BCUT2D eigenvalue weighted by Gasteiger charge is 2.36. The van der Waals surface area contributed by atoms with E-state index in [1.54, 1.807) is 0 Å². The SMILES string of the molecule is O=C(c1ccncc1F)N1C[C@@H](O)C[C@@H]1c1ccc(F)c(F)c1. The number of aliphatic hydroxyl groups excluding tert-OH is 1. The summed E-state index contributed by atoms with van der Waals surface area (Å²) in [5.41, 5.74) is 0.171. The average molecular weight is 322 g/mol. The number of halogens is 3. The molecule has 1 aromatic heterocycles. The van der Waals surface area contributed by atoms with Crippen molar-refractivity contribution in [2.24, 2.45) is 0 Å². The quantitative estimate of drug-likeness (QED) is 0.924. The minimum absolute atomic E-state index is 0.00966. The number of β-amino-alcohol motifs (C(OH)–C–C–N with tert-alkyl or cyclic N) is 1. The van der Waals surface area contributed by atoms with Gasteiger partial charge in [-0.3, -0.25) is 9.78 Å². The number of carbonyl (C=O) groups is 1. The molecule has 1 amide bonds. The average Bonchev–Trinajstić information content (AvgIpc) is 2.92. The molecule has 7 heteroatoms.